The maximum Gasteiger partial charge on any atom is 0.127 e. The Kier molecular flexibility index (Phi) is 20.3. The van der Waals surface area contributed by atoms with E-state index in [9.17, 15) is 0 Å². The molecule has 6 rings (SSSR count). The molecule has 0 saturated heterocycles. The van der Waals surface area contributed by atoms with Gasteiger partial charge in [-0.2, -0.15) is 0 Å². The Morgan fingerprint density at radius 3 is 1.65 bits per heavy atom. The Morgan fingerprint density at radius 1 is 0.471 bits per heavy atom. The minimum absolute atomic E-state index is 0.0147. The summed E-state index contributed by atoms with van der Waals surface area (Å²) in [6, 6.07) is 31.7. The van der Waals surface area contributed by atoms with Crippen LogP contribution in [-0.2, 0) is 5.41 Å². The zero-order chi connectivity index (χ0) is 48.3. The maximum absolute atomic E-state index is 6.78. The van der Waals surface area contributed by atoms with E-state index in [2.05, 4.69) is 145 Å². The molecule has 0 saturated carbocycles. The van der Waals surface area contributed by atoms with Gasteiger partial charge in [0.05, 0.1) is 27.9 Å². The summed E-state index contributed by atoms with van der Waals surface area (Å²) in [5, 5.41) is 0. The lowest BCUT2D eigenvalue weighted by Crippen LogP contribution is -2.25. The predicted octanol–water partition coefficient (Wildman–Crippen LogP) is 18.7. The fourth-order valence-electron chi connectivity index (χ4n) is 10.5. The minimum atomic E-state index is 0.0147. The van der Waals surface area contributed by atoms with Crippen molar-refractivity contribution in [1.82, 2.24) is 0 Å². The van der Waals surface area contributed by atoms with E-state index in [1.165, 1.54) is 131 Å². The van der Waals surface area contributed by atoms with Crippen LogP contribution in [0.4, 0.5) is 0 Å². The van der Waals surface area contributed by atoms with E-state index >= 15 is 0 Å². The first-order chi connectivity index (χ1) is 33.2. The van der Waals surface area contributed by atoms with Gasteiger partial charge in [-0.3, -0.25) is 0 Å². The van der Waals surface area contributed by atoms with Gasteiger partial charge >= 0.3 is 0 Å². The quantitative estimate of drug-likeness (QED) is 0.0354. The Hall–Kier alpha value is -5.22. The van der Waals surface area contributed by atoms with Crippen molar-refractivity contribution in [3.05, 3.63) is 129 Å². The standard InChI is InChI=1S/C64H84O4/c1-10-14-17-19-21-23-34-64(35-24-22-20-18-15-11-2)60-38-47(5)26-32-58(60)59-33-31-52(43-61(59)64)55-39-51(41-57(42-55)66-8)28-30-54-44-62(67-9)53(29-27-50-36-48(6)37-56(40-50)65-7)45-63(54)68-46-49(13-4)25-16-12-3/h26-33,36-45,49H,10-25,34-35,46H2,1-9H3. The smallest absolute Gasteiger partial charge is 0.127 e. The van der Waals surface area contributed by atoms with Gasteiger partial charge in [0, 0.05) is 16.5 Å². The molecule has 68 heavy (non-hydrogen) atoms. The van der Waals surface area contributed by atoms with Crippen molar-refractivity contribution in [2.45, 2.75) is 163 Å². The van der Waals surface area contributed by atoms with Crippen LogP contribution in [0.3, 0.4) is 0 Å². The Bertz CT molecular complexity index is 2400. The minimum Gasteiger partial charge on any atom is -0.497 e. The van der Waals surface area contributed by atoms with Crippen LogP contribution in [-0.4, -0.2) is 27.9 Å². The molecule has 1 atom stereocenters. The summed E-state index contributed by atoms with van der Waals surface area (Å²) in [6.07, 6.45) is 31.4. The molecule has 364 valence electrons. The molecule has 0 amide bonds. The predicted molar refractivity (Wildman–Crippen MR) is 293 cm³/mol. The molecule has 5 aromatic rings. The lowest BCUT2D eigenvalue weighted by molar-refractivity contribution is 0.232. The third kappa shape index (κ3) is 13.7. The van der Waals surface area contributed by atoms with Crippen molar-refractivity contribution in [3.63, 3.8) is 0 Å². The highest BCUT2D eigenvalue weighted by atomic mass is 16.5. The number of hydrogen-bond acceptors (Lipinski definition) is 4. The van der Waals surface area contributed by atoms with Crippen molar-refractivity contribution < 1.29 is 18.9 Å². The largest absolute Gasteiger partial charge is 0.497 e. The molecule has 0 bridgehead atoms. The maximum atomic E-state index is 6.78. The molecule has 0 spiro atoms. The number of aryl methyl sites for hydroxylation is 2. The van der Waals surface area contributed by atoms with E-state index in [0.29, 0.717) is 12.5 Å². The van der Waals surface area contributed by atoms with Gasteiger partial charge in [-0.1, -0.05) is 190 Å². The van der Waals surface area contributed by atoms with Gasteiger partial charge in [-0.25, -0.2) is 0 Å². The molecule has 0 aliphatic heterocycles. The molecule has 1 unspecified atom stereocenters. The van der Waals surface area contributed by atoms with E-state index < -0.39 is 0 Å². The van der Waals surface area contributed by atoms with E-state index in [1.54, 1.807) is 26.9 Å². The number of methoxy groups -OCH3 is 3. The van der Waals surface area contributed by atoms with Crippen molar-refractivity contribution >= 4 is 24.3 Å². The summed E-state index contributed by atoms with van der Waals surface area (Å²) in [6.45, 7) is 14.2. The van der Waals surface area contributed by atoms with Gasteiger partial charge in [0.25, 0.3) is 0 Å². The lowest BCUT2D eigenvalue weighted by atomic mass is 9.70. The summed E-state index contributed by atoms with van der Waals surface area (Å²) < 4.78 is 24.4. The second-order valence-electron chi connectivity index (χ2n) is 19.7. The molecule has 0 fully saturated rings. The normalized spacial score (nSPS) is 13.2. The van der Waals surface area contributed by atoms with E-state index in [-0.39, 0.29) is 5.41 Å². The summed E-state index contributed by atoms with van der Waals surface area (Å²) in [7, 11) is 5.23. The Morgan fingerprint density at radius 2 is 1.03 bits per heavy atom. The second kappa shape index (κ2) is 26.5. The SMILES string of the molecule is CCCCCCCCC1(CCCCCCCC)c2cc(C)ccc2-c2ccc(-c3cc(C=Cc4cc(OC)c(C=Cc5cc(C)cc(OC)c5)cc4OCC(CC)CCCC)cc(OC)c3)cc21. The van der Waals surface area contributed by atoms with Crippen LogP contribution in [0.25, 0.3) is 46.6 Å². The van der Waals surface area contributed by atoms with Crippen LogP contribution in [0.2, 0.25) is 0 Å². The summed E-state index contributed by atoms with van der Waals surface area (Å²) in [5.41, 5.74) is 14.9. The Labute approximate surface area is 412 Å². The highest BCUT2D eigenvalue weighted by Gasteiger charge is 2.42. The number of unbranched alkanes of at least 4 members (excludes halogenated alkanes) is 11. The van der Waals surface area contributed by atoms with Gasteiger partial charge in [0.1, 0.15) is 23.0 Å². The molecule has 1 aliphatic rings. The van der Waals surface area contributed by atoms with Crippen molar-refractivity contribution in [2.24, 2.45) is 5.92 Å². The van der Waals surface area contributed by atoms with Crippen molar-refractivity contribution in [1.29, 1.82) is 0 Å². The van der Waals surface area contributed by atoms with Crippen LogP contribution in [0.1, 0.15) is 188 Å². The van der Waals surface area contributed by atoms with Crippen molar-refractivity contribution in [3.8, 4) is 45.3 Å². The van der Waals surface area contributed by atoms with Gasteiger partial charge in [0.15, 0.2) is 0 Å². The molecule has 4 nitrogen and oxygen atoms in total. The first-order valence-corrected chi connectivity index (χ1v) is 26.5. The molecule has 5 aromatic carbocycles. The van der Waals surface area contributed by atoms with Crippen LogP contribution in [0.15, 0.2) is 84.9 Å². The molecule has 1 aliphatic carbocycles. The third-order valence-corrected chi connectivity index (χ3v) is 14.5. The van der Waals surface area contributed by atoms with Crippen LogP contribution >= 0.6 is 0 Å². The first kappa shape index (κ1) is 52.2. The molecular formula is C64H84O4. The molecule has 0 N–H and O–H groups in total. The summed E-state index contributed by atoms with van der Waals surface area (Å²) in [4.78, 5) is 0. The molecule has 4 heteroatoms. The van der Waals surface area contributed by atoms with Crippen LogP contribution < -0.4 is 18.9 Å². The van der Waals surface area contributed by atoms with E-state index in [1.807, 2.05) is 6.07 Å². The van der Waals surface area contributed by atoms with Crippen LogP contribution in [0.5, 0.6) is 23.0 Å². The highest BCUT2D eigenvalue weighted by Crippen LogP contribution is 2.55. The number of benzene rings is 5. The second-order valence-corrected chi connectivity index (χ2v) is 19.7. The number of rotatable bonds is 29. The fourth-order valence-corrected chi connectivity index (χ4v) is 10.5. The van der Waals surface area contributed by atoms with Crippen molar-refractivity contribution in [2.75, 3.05) is 27.9 Å². The monoisotopic (exact) mass is 917 g/mol. The lowest BCUT2D eigenvalue weighted by Gasteiger charge is -2.33. The zero-order valence-corrected chi connectivity index (χ0v) is 43.5. The van der Waals surface area contributed by atoms with Gasteiger partial charge < -0.3 is 18.9 Å². The van der Waals surface area contributed by atoms with Crippen LogP contribution in [0, 0.1) is 19.8 Å². The summed E-state index contributed by atoms with van der Waals surface area (Å²) in [5.74, 6) is 3.82. The summed E-state index contributed by atoms with van der Waals surface area (Å²) >= 11 is 0. The number of ether oxygens (including phenoxy) is 4. The Balaban J connectivity index is 1.38. The molecular weight excluding hydrogens is 833 g/mol. The highest BCUT2D eigenvalue weighted by molar-refractivity contribution is 5.85. The average molecular weight is 917 g/mol. The van der Waals surface area contributed by atoms with E-state index in [4.69, 9.17) is 18.9 Å². The van der Waals surface area contributed by atoms with Gasteiger partial charge in [-0.05, 0) is 138 Å². The topological polar surface area (TPSA) is 36.9 Å². The first-order valence-electron chi connectivity index (χ1n) is 26.5. The molecule has 0 aromatic heterocycles. The number of fused-ring (bicyclic) bond motifs is 3. The van der Waals surface area contributed by atoms with Gasteiger partial charge in [-0.15, -0.1) is 0 Å². The molecule has 0 radical (unpaired) electrons. The van der Waals surface area contributed by atoms with Gasteiger partial charge in [0.2, 0.25) is 0 Å². The fraction of sp³-hybridized carbons (Fsp3) is 0.469. The van der Waals surface area contributed by atoms with E-state index in [0.717, 1.165) is 69.2 Å². The third-order valence-electron chi connectivity index (χ3n) is 14.5. The zero-order valence-electron chi connectivity index (χ0n) is 43.5. The molecule has 0 heterocycles. The number of hydrogen-bond donors (Lipinski definition) is 0. The average Bonchev–Trinajstić information content (AvgIpc) is 3.61.